The fourth-order valence-electron chi connectivity index (χ4n) is 3.51. The zero-order valence-corrected chi connectivity index (χ0v) is 18.4. The van der Waals surface area contributed by atoms with Crippen molar-refractivity contribution in [1.29, 1.82) is 0 Å². The summed E-state index contributed by atoms with van der Waals surface area (Å²) in [5.41, 5.74) is 4.01. The van der Waals surface area contributed by atoms with Crippen molar-refractivity contribution in [3.63, 3.8) is 0 Å². The number of nitrogens with one attached hydrogen (secondary N) is 2. The van der Waals surface area contributed by atoms with Gasteiger partial charge in [-0.25, -0.2) is 9.37 Å². The van der Waals surface area contributed by atoms with E-state index in [1.165, 1.54) is 18.9 Å². The maximum atomic E-state index is 14.4. The van der Waals surface area contributed by atoms with Crippen LogP contribution >= 0.6 is 0 Å². The van der Waals surface area contributed by atoms with Crippen LogP contribution in [0.5, 0.6) is 5.75 Å². The predicted molar refractivity (Wildman–Crippen MR) is 121 cm³/mol. The number of rotatable bonds is 8. The van der Waals surface area contributed by atoms with Gasteiger partial charge in [-0.2, -0.15) is 0 Å². The number of benzene rings is 1. The molecule has 31 heavy (non-hydrogen) atoms. The van der Waals surface area contributed by atoms with Crippen molar-refractivity contribution in [3.8, 4) is 5.75 Å². The van der Waals surface area contributed by atoms with E-state index in [9.17, 15) is 4.39 Å². The highest BCUT2D eigenvalue weighted by molar-refractivity contribution is 5.80. The number of halogens is 1. The molecule has 0 radical (unpaired) electrons. The molecule has 1 aliphatic carbocycles. The lowest BCUT2D eigenvalue weighted by Crippen LogP contribution is -2.39. The lowest BCUT2D eigenvalue weighted by atomic mass is 10.1. The Morgan fingerprint density at radius 3 is 2.90 bits per heavy atom. The smallest absolute Gasteiger partial charge is 0.191 e. The Hall–Kier alpha value is -3.09. The first-order valence-electron chi connectivity index (χ1n) is 10.9. The number of hydrogen-bond acceptors (Lipinski definition) is 3. The highest BCUT2D eigenvalue weighted by atomic mass is 19.1. The predicted octanol–water partition coefficient (Wildman–Crippen LogP) is 4.04. The lowest BCUT2D eigenvalue weighted by molar-refractivity contribution is 0.285. The number of hydrogen-bond donors (Lipinski definition) is 2. The van der Waals surface area contributed by atoms with E-state index < -0.39 is 0 Å². The average molecular weight is 424 g/mol. The fourth-order valence-corrected chi connectivity index (χ4v) is 3.51. The van der Waals surface area contributed by atoms with Gasteiger partial charge in [0.1, 0.15) is 5.65 Å². The van der Waals surface area contributed by atoms with Crippen LogP contribution in [0.15, 0.2) is 47.7 Å². The zero-order valence-electron chi connectivity index (χ0n) is 18.4. The molecule has 1 aliphatic rings. The second-order valence-electron chi connectivity index (χ2n) is 8.21. The molecule has 164 valence electrons. The third-order valence-electron chi connectivity index (χ3n) is 5.61. The number of nitrogens with zero attached hydrogens (tertiary/aromatic N) is 3. The largest absolute Gasteiger partial charge is 0.490 e. The van der Waals surface area contributed by atoms with Gasteiger partial charge in [-0.15, -0.1) is 0 Å². The minimum atomic E-state index is -0.322. The van der Waals surface area contributed by atoms with Crippen LogP contribution < -0.4 is 15.4 Å². The summed E-state index contributed by atoms with van der Waals surface area (Å²) in [6.07, 6.45) is 7.21. The molecule has 7 heteroatoms. The summed E-state index contributed by atoms with van der Waals surface area (Å²) in [5, 5.41) is 6.63. The number of aromatic nitrogens is 2. The number of aliphatic imine (C=N–C) groups is 1. The average Bonchev–Trinajstić information content (AvgIpc) is 3.49. The summed E-state index contributed by atoms with van der Waals surface area (Å²) in [4.78, 5) is 8.99. The maximum absolute atomic E-state index is 14.4. The number of aryl methyl sites for hydroxylation is 1. The molecule has 3 aromatic rings. The molecule has 1 saturated carbocycles. The topological polar surface area (TPSA) is 63.0 Å². The Morgan fingerprint density at radius 1 is 1.35 bits per heavy atom. The minimum Gasteiger partial charge on any atom is -0.490 e. The van der Waals surface area contributed by atoms with Crippen LogP contribution in [0, 0.1) is 18.7 Å². The summed E-state index contributed by atoms with van der Waals surface area (Å²) < 4.78 is 22.0. The Bertz CT molecular complexity index is 1070. The number of fused-ring (bicyclic) bond motifs is 1. The standard InChI is InChI=1S/C24H30FN5O/c1-16-5-4-12-30-14-20(29-23(16)30)10-11-27-24(26-3)28-17(2)19-8-9-22(21(25)13-19)31-15-18-6-7-18/h4-5,8-9,12-14,17-18H,6-7,10-11,15H2,1-3H3,(H2,26,27,28). The van der Waals surface area contributed by atoms with Gasteiger partial charge in [0.15, 0.2) is 17.5 Å². The van der Waals surface area contributed by atoms with Crippen molar-refractivity contribution in [1.82, 2.24) is 20.0 Å². The molecule has 1 fully saturated rings. The Morgan fingerprint density at radius 2 is 2.19 bits per heavy atom. The highest BCUT2D eigenvalue weighted by Crippen LogP contribution is 2.30. The summed E-state index contributed by atoms with van der Waals surface area (Å²) in [6.45, 7) is 5.34. The molecule has 6 nitrogen and oxygen atoms in total. The molecule has 4 rings (SSSR count). The second-order valence-corrected chi connectivity index (χ2v) is 8.21. The van der Waals surface area contributed by atoms with Gasteiger partial charge in [0.25, 0.3) is 0 Å². The summed E-state index contributed by atoms with van der Waals surface area (Å²) in [7, 11) is 1.73. The molecule has 2 N–H and O–H groups in total. The van der Waals surface area contributed by atoms with Gasteiger partial charge in [0.05, 0.1) is 18.3 Å². The molecule has 0 bridgehead atoms. The van der Waals surface area contributed by atoms with Gasteiger partial charge in [-0.3, -0.25) is 4.99 Å². The van der Waals surface area contributed by atoms with Gasteiger partial charge in [-0.1, -0.05) is 12.1 Å². The summed E-state index contributed by atoms with van der Waals surface area (Å²) in [6, 6.07) is 9.13. The van der Waals surface area contributed by atoms with Crippen LogP contribution in [0.3, 0.4) is 0 Å². The van der Waals surface area contributed by atoms with Gasteiger partial charge in [0.2, 0.25) is 0 Å². The van der Waals surface area contributed by atoms with Crippen molar-refractivity contribution >= 4 is 11.6 Å². The van der Waals surface area contributed by atoms with E-state index in [-0.39, 0.29) is 11.9 Å². The zero-order chi connectivity index (χ0) is 21.8. The summed E-state index contributed by atoms with van der Waals surface area (Å²) >= 11 is 0. The van der Waals surface area contributed by atoms with Gasteiger partial charge < -0.3 is 19.8 Å². The molecule has 1 atom stereocenters. The van der Waals surface area contributed by atoms with E-state index >= 15 is 0 Å². The molecule has 2 heterocycles. The van der Waals surface area contributed by atoms with Crippen molar-refractivity contribution < 1.29 is 9.13 Å². The number of pyridine rings is 1. The van der Waals surface area contributed by atoms with E-state index in [0.29, 0.717) is 30.8 Å². The van der Waals surface area contributed by atoms with Crippen molar-refractivity contribution in [2.24, 2.45) is 10.9 Å². The Kier molecular flexibility index (Phi) is 6.39. The number of imidazole rings is 1. The van der Waals surface area contributed by atoms with E-state index in [1.807, 2.05) is 29.7 Å². The first-order valence-corrected chi connectivity index (χ1v) is 10.9. The SMILES string of the molecule is CN=C(NCCc1cn2cccc(C)c2n1)NC(C)c1ccc(OCC2CC2)c(F)c1. The van der Waals surface area contributed by atoms with Gasteiger partial charge >= 0.3 is 0 Å². The molecule has 0 amide bonds. The molecular formula is C24H30FN5O. The third kappa shape index (κ3) is 5.34. The molecule has 1 aromatic carbocycles. The maximum Gasteiger partial charge on any atom is 0.191 e. The minimum absolute atomic E-state index is 0.101. The first-order chi connectivity index (χ1) is 15.0. The summed E-state index contributed by atoms with van der Waals surface area (Å²) in [5.74, 6) is 1.27. The van der Waals surface area contributed by atoms with Crippen molar-refractivity contribution in [3.05, 3.63) is 65.4 Å². The lowest BCUT2D eigenvalue weighted by Gasteiger charge is -2.19. The van der Waals surface area contributed by atoms with Gasteiger partial charge in [0, 0.05) is 32.4 Å². The third-order valence-corrected chi connectivity index (χ3v) is 5.61. The quantitative estimate of drug-likeness (QED) is 0.424. The van der Waals surface area contributed by atoms with E-state index in [2.05, 4.69) is 34.8 Å². The molecule has 0 spiro atoms. The Balaban J connectivity index is 1.29. The highest BCUT2D eigenvalue weighted by Gasteiger charge is 2.22. The van der Waals surface area contributed by atoms with E-state index in [4.69, 9.17) is 9.72 Å². The molecule has 1 unspecified atom stereocenters. The normalized spacial score (nSPS) is 15.2. The van der Waals surface area contributed by atoms with E-state index in [1.54, 1.807) is 13.1 Å². The Labute approximate surface area is 182 Å². The van der Waals surface area contributed by atoms with Crippen LogP contribution in [0.2, 0.25) is 0 Å². The van der Waals surface area contributed by atoms with Crippen LogP contribution in [-0.4, -0.2) is 35.5 Å². The van der Waals surface area contributed by atoms with Gasteiger partial charge in [-0.05, 0) is 61.9 Å². The monoisotopic (exact) mass is 423 g/mol. The second kappa shape index (κ2) is 9.37. The molecular weight excluding hydrogens is 393 g/mol. The number of ether oxygens (including phenoxy) is 1. The molecule has 0 saturated heterocycles. The number of guanidine groups is 1. The van der Waals surface area contributed by atoms with Crippen molar-refractivity contribution in [2.75, 3.05) is 20.2 Å². The van der Waals surface area contributed by atoms with Crippen LogP contribution in [0.4, 0.5) is 4.39 Å². The van der Waals surface area contributed by atoms with E-state index in [0.717, 1.165) is 28.9 Å². The first kappa shape index (κ1) is 21.2. The van der Waals surface area contributed by atoms with Crippen LogP contribution in [-0.2, 0) is 6.42 Å². The molecule has 2 aromatic heterocycles. The fraction of sp³-hybridized carbons (Fsp3) is 0.417. The molecule has 0 aliphatic heterocycles. The van der Waals surface area contributed by atoms with Crippen LogP contribution in [0.25, 0.3) is 5.65 Å². The van der Waals surface area contributed by atoms with Crippen LogP contribution in [0.1, 0.15) is 42.6 Å². The van der Waals surface area contributed by atoms with Crippen molar-refractivity contribution in [2.45, 2.75) is 39.2 Å².